The highest BCUT2D eigenvalue weighted by molar-refractivity contribution is 5.85. The molecule has 4 rings (SSSR count). The van der Waals surface area contributed by atoms with Crippen molar-refractivity contribution in [3.8, 4) is 22.9 Å². The summed E-state index contributed by atoms with van der Waals surface area (Å²) in [6, 6.07) is 7.90. The van der Waals surface area contributed by atoms with Gasteiger partial charge in [-0.05, 0) is 25.1 Å². The number of pyridine rings is 2. The summed E-state index contributed by atoms with van der Waals surface area (Å²) in [5.74, 6) is 1.39. The highest BCUT2D eigenvalue weighted by atomic mass is 16.5. The second kappa shape index (κ2) is 8.39. The van der Waals surface area contributed by atoms with Crippen LogP contribution in [0.5, 0.6) is 5.75 Å². The molecule has 1 aliphatic heterocycles. The van der Waals surface area contributed by atoms with Crippen molar-refractivity contribution in [2.45, 2.75) is 13.0 Å². The Kier molecular flexibility index (Phi) is 5.50. The maximum Gasteiger partial charge on any atom is 0.209 e. The number of ether oxygens (including phenoxy) is 1. The number of fused-ring (bicyclic) bond motifs is 1. The van der Waals surface area contributed by atoms with E-state index in [1.807, 2.05) is 18.2 Å². The summed E-state index contributed by atoms with van der Waals surface area (Å²) in [7, 11) is 0. The van der Waals surface area contributed by atoms with Crippen LogP contribution in [0.2, 0.25) is 0 Å². The molecular formula is C21H22N6O3. The van der Waals surface area contributed by atoms with Crippen LogP contribution in [0.25, 0.3) is 16.6 Å². The topological polar surface area (TPSA) is 107 Å². The summed E-state index contributed by atoms with van der Waals surface area (Å²) < 4.78 is 7.27. The largest absolute Gasteiger partial charge is 0.489 e. The Morgan fingerprint density at radius 1 is 1.30 bits per heavy atom. The zero-order valence-electron chi connectivity index (χ0n) is 16.6. The third-order valence-corrected chi connectivity index (χ3v) is 5.04. The first kappa shape index (κ1) is 19.7. The Balaban J connectivity index is 1.66. The number of nitrogens with zero attached hydrogens (tertiary/aromatic N) is 6. The number of rotatable bonds is 6. The summed E-state index contributed by atoms with van der Waals surface area (Å²) in [6.07, 6.45) is 5.26. The predicted molar refractivity (Wildman–Crippen MR) is 110 cm³/mol. The van der Waals surface area contributed by atoms with Gasteiger partial charge in [-0.15, -0.1) is 0 Å². The maximum atomic E-state index is 10.9. The molecule has 9 heteroatoms. The fourth-order valence-electron chi connectivity index (χ4n) is 3.48. The van der Waals surface area contributed by atoms with Crippen molar-refractivity contribution < 1.29 is 14.6 Å². The molecule has 1 aliphatic rings. The second-order valence-corrected chi connectivity index (χ2v) is 7.25. The minimum atomic E-state index is -0.600. The normalized spacial score (nSPS) is 15.1. The number of carbonyl (C=O) groups is 1. The number of piperazine rings is 1. The summed E-state index contributed by atoms with van der Waals surface area (Å²) in [5, 5.41) is 23.3. The molecule has 154 valence electrons. The maximum absolute atomic E-state index is 10.9. The van der Waals surface area contributed by atoms with Crippen molar-refractivity contribution in [2.24, 2.45) is 0 Å². The van der Waals surface area contributed by atoms with Crippen LogP contribution in [0.15, 0.2) is 36.8 Å². The molecule has 0 radical (unpaired) electrons. The molecule has 0 saturated carbocycles. The van der Waals surface area contributed by atoms with Gasteiger partial charge in [0.2, 0.25) is 6.41 Å². The molecule has 1 atom stereocenters. The minimum absolute atomic E-state index is 0.154. The fourth-order valence-corrected chi connectivity index (χ4v) is 3.48. The Hall–Kier alpha value is -3.64. The number of carbonyl (C=O) groups excluding carboxylic acids is 1. The lowest BCUT2D eigenvalue weighted by molar-refractivity contribution is -0.118. The molecular weight excluding hydrogens is 384 g/mol. The Labute approximate surface area is 173 Å². The number of hydrogen-bond donors (Lipinski definition) is 1. The number of amides is 1. The van der Waals surface area contributed by atoms with Gasteiger partial charge in [0.15, 0.2) is 0 Å². The number of aromatic nitrogens is 3. The van der Waals surface area contributed by atoms with Crippen LogP contribution >= 0.6 is 0 Å². The molecule has 1 amide bonds. The monoisotopic (exact) mass is 406 g/mol. The van der Waals surface area contributed by atoms with Crippen molar-refractivity contribution in [3.05, 3.63) is 42.4 Å². The summed E-state index contributed by atoms with van der Waals surface area (Å²) >= 11 is 0. The van der Waals surface area contributed by atoms with Gasteiger partial charge in [0.25, 0.3) is 0 Å². The Bertz CT molecular complexity index is 1080. The molecule has 1 N–H and O–H groups in total. The zero-order valence-corrected chi connectivity index (χ0v) is 16.6. The molecule has 0 aliphatic carbocycles. The van der Waals surface area contributed by atoms with Gasteiger partial charge in [-0.3, -0.25) is 4.79 Å². The molecule has 3 aromatic heterocycles. The van der Waals surface area contributed by atoms with E-state index in [0.29, 0.717) is 29.9 Å². The molecule has 9 nitrogen and oxygen atoms in total. The summed E-state index contributed by atoms with van der Waals surface area (Å²) in [4.78, 5) is 19.4. The number of aliphatic hydroxyl groups excluding tert-OH is 1. The van der Waals surface area contributed by atoms with Crippen molar-refractivity contribution in [1.82, 2.24) is 19.5 Å². The lowest BCUT2D eigenvalue weighted by atomic mass is 10.1. The summed E-state index contributed by atoms with van der Waals surface area (Å²) in [6.45, 7) is 4.63. The fraction of sp³-hybridized carbons (Fsp3) is 0.333. The van der Waals surface area contributed by atoms with Crippen LogP contribution in [-0.4, -0.2) is 69.9 Å². The van der Waals surface area contributed by atoms with Crippen molar-refractivity contribution in [3.63, 3.8) is 0 Å². The highest BCUT2D eigenvalue weighted by Crippen LogP contribution is 2.31. The predicted octanol–water partition coefficient (Wildman–Crippen LogP) is 1.31. The van der Waals surface area contributed by atoms with Crippen LogP contribution in [0, 0.1) is 11.3 Å². The van der Waals surface area contributed by atoms with E-state index in [1.54, 1.807) is 28.7 Å². The van der Waals surface area contributed by atoms with Gasteiger partial charge in [0, 0.05) is 43.5 Å². The van der Waals surface area contributed by atoms with Crippen LogP contribution < -0.4 is 9.64 Å². The minimum Gasteiger partial charge on any atom is -0.489 e. The lowest BCUT2D eigenvalue weighted by Crippen LogP contribution is -2.45. The van der Waals surface area contributed by atoms with E-state index in [1.165, 1.54) is 6.20 Å². The molecule has 0 spiro atoms. The Morgan fingerprint density at radius 2 is 2.10 bits per heavy atom. The van der Waals surface area contributed by atoms with Gasteiger partial charge in [0.1, 0.15) is 24.2 Å². The zero-order chi connectivity index (χ0) is 21.1. The third kappa shape index (κ3) is 3.90. The van der Waals surface area contributed by atoms with E-state index < -0.39 is 6.10 Å². The first-order valence-corrected chi connectivity index (χ1v) is 9.72. The molecule has 0 aromatic carbocycles. The van der Waals surface area contributed by atoms with Crippen LogP contribution in [-0.2, 0) is 4.79 Å². The van der Waals surface area contributed by atoms with Crippen LogP contribution in [0.3, 0.4) is 0 Å². The number of nitriles is 1. The standard InChI is InChI=1S/C21H22N6O3/c1-15(29)13-30-18-8-19(21-17(9-22)11-24-27(21)12-18)16-2-3-20(23-10-16)26-6-4-25(14-28)5-7-26/h2-3,8,10-12,14-15,29H,4-7,13H2,1H3. The molecule has 4 heterocycles. The summed E-state index contributed by atoms with van der Waals surface area (Å²) in [5.41, 5.74) is 2.74. The average molecular weight is 406 g/mol. The molecule has 1 saturated heterocycles. The third-order valence-electron chi connectivity index (χ3n) is 5.04. The lowest BCUT2D eigenvalue weighted by Gasteiger charge is -2.33. The van der Waals surface area contributed by atoms with Gasteiger partial charge in [-0.1, -0.05) is 0 Å². The van der Waals surface area contributed by atoms with E-state index in [9.17, 15) is 15.2 Å². The first-order chi connectivity index (χ1) is 14.6. The second-order valence-electron chi connectivity index (χ2n) is 7.25. The Morgan fingerprint density at radius 3 is 2.73 bits per heavy atom. The SMILES string of the molecule is CC(O)COc1cc(-c2ccc(N3CCN(C=O)CC3)nc2)c2c(C#N)cnn2c1. The quantitative estimate of drug-likeness (QED) is 0.615. The molecule has 3 aromatic rings. The van der Waals surface area contributed by atoms with Gasteiger partial charge in [-0.2, -0.15) is 10.4 Å². The van der Waals surface area contributed by atoms with Crippen molar-refractivity contribution >= 4 is 17.7 Å². The van der Waals surface area contributed by atoms with Gasteiger partial charge >= 0.3 is 0 Å². The molecule has 30 heavy (non-hydrogen) atoms. The van der Waals surface area contributed by atoms with E-state index >= 15 is 0 Å². The smallest absolute Gasteiger partial charge is 0.209 e. The van der Waals surface area contributed by atoms with E-state index in [-0.39, 0.29) is 6.61 Å². The highest BCUT2D eigenvalue weighted by Gasteiger charge is 2.18. The van der Waals surface area contributed by atoms with Gasteiger partial charge < -0.3 is 19.6 Å². The van der Waals surface area contributed by atoms with Crippen molar-refractivity contribution in [1.29, 1.82) is 5.26 Å². The first-order valence-electron chi connectivity index (χ1n) is 9.72. The van der Waals surface area contributed by atoms with E-state index in [0.717, 1.165) is 36.4 Å². The van der Waals surface area contributed by atoms with Crippen molar-refractivity contribution in [2.75, 3.05) is 37.7 Å². The van der Waals surface area contributed by atoms with Crippen LogP contribution in [0.4, 0.5) is 5.82 Å². The van der Waals surface area contributed by atoms with Gasteiger partial charge in [-0.25, -0.2) is 9.50 Å². The van der Waals surface area contributed by atoms with E-state index in [2.05, 4.69) is 21.1 Å². The number of hydrogen-bond acceptors (Lipinski definition) is 7. The molecule has 0 bridgehead atoms. The molecule has 1 fully saturated rings. The average Bonchev–Trinajstić information content (AvgIpc) is 3.20. The number of aliphatic hydroxyl groups is 1. The van der Waals surface area contributed by atoms with E-state index in [4.69, 9.17) is 4.74 Å². The number of anilines is 1. The van der Waals surface area contributed by atoms with Crippen LogP contribution in [0.1, 0.15) is 12.5 Å². The van der Waals surface area contributed by atoms with Gasteiger partial charge in [0.05, 0.1) is 29.6 Å². The molecule has 1 unspecified atom stereocenters.